The highest BCUT2D eigenvalue weighted by Gasteiger charge is 2.35. The number of aryl methyl sites for hydroxylation is 2. The lowest BCUT2D eigenvalue weighted by Gasteiger charge is -2.22. The number of H-pyrrole nitrogens is 1. The van der Waals surface area contributed by atoms with Crippen molar-refractivity contribution >= 4 is 0 Å². The molecule has 1 aliphatic heterocycles. The second-order valence-corrected chi connectivity index (χ2v) is 6.12. The molecule has 2 atom stereocenters. The third kappa shape index (κ3) is 3.28. The molecule has 23 heavy (non-hydrogen) atoms. The average molecular weight is 321 g/mol. The van der Waals surface area contributed by atoms with Gasteiger partial charge in [0, 0.05) is 25.9 Å². The fourth-order valence-electron chi connectivity index (χ4n) is 3.10. The Morgan fingerprint density at radius 1 is 1.30 bits per heavy atom. The van der Waals surface area contributed by atoms with Crippen LogP contribution < -0.4 is 0 Å². The second kappa shape index (κ2) is 6.37. The molecule has 0 aliphatic carbocycles. The molecule has 0 amide bonds. The van der Waals surface area contributed by atoms with Gasteiger partial charge in [-0.15, -0.1) is 0 Å². The number of aromatic amines is 1. The summed E-state index contributed by atoms with van der Waals surface area (Å²) in [6, 6.07) is 4.13. The Hall–Kier alpha value is -1.79. The predicted octanol–water partition coefficient (Wildman–Crippen LogP) is 3.27. The van der Waals surface area contributed by atoms with Crippen molar-refractivity contribution in [3.63, 3.8) is 0 Å². The first-order valence-corrected chi connectivity index (χ1v) is 7.71. The summed E-state index contributed by atoms with van der Waals surface area (Å²) in [5.74, 6) is -0.730. The van der Waals surface area contributed by atoms with Gasteiger partial charge >= 0.3 is 0 Å². The van der Waals surface area contributed by atoms with Crippen LogP contribution in [0.25, 0.3) is 0 Å². The summed E-state index contributed by atoms with van der Waals surface area (Å²) in [6.07, 6.45) is 0.933. The number of halogens is 2. The van der Waals surface area contributed by atoms with Crippen LogP contribution in [0.4, 0.5) is 8.78 Å². The van der Waals surface area contributed by atoms with Gasteiger partial charge in [-0.25, -0.2) is 13.8 Å². The Morgan fingerprint density at radius 3 is 2.70 bits per heavy atom. The largest absolute Gasteiger partial charge is 0.380 e. The van der Waals surface area contributed by atoms with E-state index in [0.717, 1.165) is 35.7 Å². The minimum absolute atomic E-state index is 0.0838. The van der Waals surface area contributed by atoms with Gasteiger partial charge in [-0.3, -0.25) is 4.90 Å². The minimum Gasteiger partial charge on any atom is -0.380 e. The molecule has 1 aromatic heterocycles. The van der Waals surface area contributed by atoms with Crippen molar-refractivity contribution in [2.45, 2.75) is 39.0 Å². The zero-order valence-corrected chi connectivity index (χ0v) is 13.6. The van der Waals surface area contributed by atoms with Crippen molar-refractivity contribution in [3.8, 4) is 0 Å². The van der Waals surface area contributed by atoms with Gasteiger partial charge < -0.3 is 9.72 Å². The molecule has 1 aromatic carbocycles. The third-order valence-electron chi connectivity index (χ3n) is 4.53. The molecule has 1 aliphatic rings. The van der Waals surface area contributed by atoms with Gasteiger partial charge in [0.05, 0.1) is 17.8 Å². The number of imidazole rings is 1. The van der Waals surface area contributed by atoms with Gasteiger partial charge in [-0.05, 0) is 38.0 Å². The molecule has 4 nitrogen and oxygen atoms in total. The third-order valence-corrected chi connectivity index (χ3v) is 4.53. The van der Waals surface area contributed by atoms with Gasteiger partial charge in [-0.1, -0.05) is 6.07 Å². The molecule has 0 bridgehead atoms. The Kier molecular flexibility index (Phi) is 4.46. The number of benzene rings is 1. The van der Waals surface area contributed by atoms with Crippen LogP contribution in [0.1, 0.15) is 35.2 Å². The summed E-state index contributed by atoms with van der Waals surface area (Å²) < 4.78 is 32.0. The average Bonchev–Trinajstić information content (AvgIpc) is 3.07. The smallest absolute Gasteiger partial charge is 0.159 e. The quantitative estimate of drug-likeness (QED) is 0.940. The zero-order valence-electron chi connectivity index (χ0n) is 13.6. The van der Waals surface area contributed by atoms with Gasteiger partial charge in [0.2, 0.25) is 0 Å². The molecular weight excluding hydrogens is 300 g/mol. The van der Waals surface area contributed by atoms with Gasteiger partial charge in [0.15, 0.2) is 11.6 Å². The minimum atomic E-state index is -0.821. The standard InChI is InChI=1S/C17H21F2N3O/c1-10-11(2)21-17(20-10)16-7-13(23-3)9-22(16)8-12-4-5-14(18)15(19)6-12/h4-6,13,16H,7-9H2,1-3H3,(H,20,21)/t13-,16+/m1/s1. The predicted molar refractivity (Wildman–Crippen MR) is 83.0 cm³/mol. The van der Waals surface area contributed by atoms with Crippen LogP contribution in [0.2, 0.25) is 0 Å². The highest BCUT2D eigenvalue weighted by atomic mass is 19.2. The van der Waals surface area contributed by atoms with Crippen molar-refractivity contribution in [1.82, 2.24) is 14.9 Å². The molecule has 1 N–H and O–H groups in total. The number of nitrogens with zero attached hydrogens (tertiary/aromatic N) is 2. The molecule has 6 heteroatoms. The topological polar surface area (TPSA) is 41.1 Å². The summed E-state index contributed by atoms with van der Waals surface area (Å²) in [4.78, 5) is 10.1. The summed E-state index contributed by atoms with van der Waals surface area (Å²) >= 11 is 0. The first-order valence-electron chi connectivity index (χ1n) is 7.71. The molecule has 0 spiro atoms. The molecule has 124 valence electrons. The Balaban J connectivity index is 1.83. The lowest BCUT2D eigenvalue weighted by atomic mass is 10.1. The Labute approximate surface area is 134 Å². The number of nitrogens with one attached hydrogen (secondary N) is 1. The van der Waals surface area contributed by atoms with E-state index >= 15 is 0 Å². The van der Waals surface area contributed by atoms with E-state index in [1.54, 1.807) is 13.2 Å². The molecule has 0 unspecified atom stereocenters. The van der Waals surface area contributed by atoms with Crippen LogP contribution in [0.5, 0.6) is 0 Å². The maximum atomic E-state index is 13.4. The van der Waals surface area contributed by atoms with E-state index in [0.29, 0.717) is 6.54 Å². The molecule has 3 rings (SSSR count). The molecule has 0 saturated carbocycles. The van der Waals surface area contributed by atoms with Crippen LogP contribution in [-0.2, 0) is 11.3 Å². The Morgan fingerprint density at radius 2 is 2.09 bits per heavy atom. The fraction of sp³-hybridized carbons (Fsp3) is 0.471. The number of hydrogen-bond donors (Lipinski definition) is 1. The Bertz CT molecular complexity index is 682. The van der Waals surface area contributed by atoms with Crippen LogP contribution in [-0.4, -0.2) is 34.6 Å². The zero-order chi connectivity index (χ0) is 16.6. The summed E-state index contributed by atoms with van der Waals surface area (Å²) in [5.41, 5.74) is 2.77. The van der Waals surface area contributed by atoms with Gasteiger partial charge in [0.1, 0.15) is 5.82 Å². The molecule has 0 radical (unpaired) electrons. The number of ether oxygens (including phenoxy) is 1. The maximum absolute atomic E-state index is 13.4. The first-order chi connectivity index (χ1) is 11.0. The van der Waals surface area contributed by atoms with E-state index in [2.05, 4.69) is 14.9 Å². The second-order valence-electron chi connectivity index (χ2n) is 6.12. The molecule has 2 heterocycles. The van der Waals surface area contributed by atoms with Crippen molar-refractivity contribution in [3.05, 3.63) is 52.6 Å². The highest BCUT2D eigenvalue weighted by Crippen LogP contribution is 2.33. The fourth-order valence-corrected chi connectivity index (χ4v) is 3.10. The number of aromatic nitrogens is 2. The highest BCUT2D eigenvalue weighted by molar-refractivity contribution is 5.19. The van der Waals surface area contributed by atoms with E-state index in [-0.39, 0.29) is 12.1 Å². The van der Waals surface area contributed by atoms with E-state index < -0.39 is 11.6 Å². The maximum Gasteiger partial charge on any atom is 0.159 e. The summed E-state index contributed by atoms with van der Waals surface area (Å²) in [5, 5.41) is 0. The summed E-state index contributed by atoms with van der Waals surface area (Å²) in [6.45, 7) is 5.23. The first kappa shape index (κ1) is 16.1. The van der Waals surface area contributed by atoms with Crippen molar-refractivity contribution in [2.24, 2.45) is 0 Å². The van der Waals surface area contributed by atoms with Crippen molar-refractivity contribution in [1.29, 1.82) is 0 Å². The number of rotatable bonds is 4. The molecule has 1 saturated heterocycles. The van der Waals surface area contributed by atoms with Crippen LogP contribution in [0.15, 0.2) is 18.2 Å². The monoisotopic (exact) mass is 321 g/mol. The number of likely N-dealkylation sites (tertiary alicyclic amines) is 1. The molecular formula is C17H21F2N3O. The normalized spacial score (nSPS) is 22.0. The van der Waals surface area contributed by atoms with E-state index in [1.165, 1.54) is 12.1 Å². The van der Waals surface area contributed by atoms with Crippen LogP contribution in [0, 0.1) is 25.5 Å². The van der Waals surface area contributed by atoms with Gasteiger partial charge in [-0.2, -0.15) is 0 Å². The van der Waals surface area contributed by atoms with E-state index in [4.69, 9.17) is 4.74 Å². The van der Waals surface area contributed by atoms with E-state index in [9.17, 15) is 8.78 Å². The van der Waals surface area contributed by atoms with Crippen molar-refractivity contribution in [2.75, 3.05) is 13.7 Å². The van der Waals surface area contributed by atoms with Crippen molar-refractivity contribution < 1.29 is 13.5 Å². The SMILES string of the molecule is CO[C@@H]1C[C@@H](c2nc(C)c(C)[nH]2)N(Cc2ccc(F)c(F)c2)C1. The lowest BCUT2D eigenvalue weighted by molar-refractivity contribution is 0.107. The van der Waals surface area contributed by atoms with E-state index in [1.807, 2.05) is 13.8 Å². The number of methoxy groups -OCH3 is 1. The number of hydrogen-bond acceptors (Lipinski definition) is 3. The summed E-state index contributed by atoms with van der Waals surface area (Å²) in [7, 11) is 1.70. The van der Waals surface area contributed by atoms with Crippen LogP contribution in [0.3, 0.4) is 0 Å². The lowest BCUT2D eigenvalue weighted by Crippen LogP contribution is -2.25. The molecule has 2 aromatic rings. The molecule has 1 fully saturated rings. The van der Waals surface area contributed by atoms with Gasteiger partial charge in [0.25, 0.3) is 0 Å². The van der Waals surface area contributed by atoms with Crippen LogP contribution >= 0.6 is 0 Å².